The average molecular weight is 356 g/mol. The van der Waals surface area contributed by atoms with Gasteiger partial charge in [0.05, 0.1) is 0 Å². The number of nitrogens with one attached hydrogen (secondary N) is 2. The largest absolute Gasteiger partial charge is 0.342 e. The number of hydrogen-bond acceptors (Lipinski definition) is 3. The van der Waals surface area contributed by atoms with Gasteiger partial charge in [-0.2, -0.15) is 0 Å². The van der Waals surface area contributed by atoms with Gasteiger partial charge in [-0.05, 0) is 49.9 Å². The number of amides is 4. The molecule has 0 spiro atoms. The summed E-state index contributed by atoms with van der Waals surface area (Å²) >= 11 is 0. The zero-order chi connectivity index (χ0) is 18.1. The van der Waals surface area contributed by atoms with Gasteiger partial charge in [0, 0.05) is 49.4 Å². The molecule has 0 radical (unpaired) electrons. The minimum atomic E-state index is -0.0886. The van der Waals surface area contributed by atoms with E-state index in [1.807, 2.05) is 29.2 Å². The van der Waals surface area contributed by atoms with Gasteiger partial charge in [-0.3, -0.25) is 14.5 Å². The van der Waals surface area contributed by atoms with E-state index in [4.69, 9.17) is 0 Å². The van der Waals surface area contributed by atoms with Crippen LogP contribution < -0.4 is 15.5 Å². The zero-order valence-electron chi connectivity index (χ0n) is 14.7. The van der Waals surface area contributed by atoms with Gasteiger partial charge in [0.1, 0.15) is 0 Å². The fourth-order valence-electron chi connectivity index (χ4n) is 3.64. The van der Waals surface area contributed by atoms with Crippen LogP contribution in [0.5, 0.6) is 0 Å². The summed E-state index contributed by atoms with van der Waals surface area (Å²) < 4.78 is 0. The van der Waals surface area contributed by atoms with Crippen LogP contribution >= 0.6 is 0 Å². The molecule has 4 amide bonds. The van der Waals surface area contributed by atoms with E-state index in [0.29, 0.717) is 26.2 Å². The highest BCUT2D eigenvalue weighted by Crippen LogP contribution is 2.32. The fourth-order valence-corrected chi connectivity index (χ4v) is 3.64. The second kappa shape index (κ2) is 6.97. The third kappa shape index (κ3) is 3.52. The van der Waals surface area contributed by atoms with Crippen molar-refractivity contribution in [2.24, 2.45) is 11.8 Å². The Morgan fingerprint density at radius 2 is 1.65 bits per heavy atom. The van der Waals surface area contributed by atoms with Crippen LogP contribution in [-0.4, -0.2) is 48.9 Å². The van der Waals surface area contributed by atoms with Crippen molar-refractivity contribution in [3.05, 3.63) is 24.3 Å². The number of anilines is 2. The molecule has 0 bridgehead atoms. The van der Waals surface area contributed by atoms with Gasteiger partial charge in [0.25, 0.3) is 0 Å². The molecular formula is C19H24N4O3. The molecule has 3 fully saturated rings. The van der Waals surface area contributed by atoms with Crippen molar-refractivity contribution in [3.8, 4) is 0 Å². The van der Waals surface area contributed by atoms with Gasteiger partial charge in [0.15, 0.2) is 0 Å². The number of piperidine rings is 1. The van der Waals surface area contributed by atoms with Crippen molar-refractivity contribution < 1.29 is 14.4 Å². The third-order valence-corrected chi connectivity index (χ3v) is 5.41. The highest BCUT2D eigenvalue weighted by molar-refractivity contribution is 5.95. The van der Waals surface area contributed by atoms with Crippen molar-refractivity contribution >= 4 is 29.2 Å². The molecule has 2 saturated heterocycles. The van der Waals surface area contributed by atoms with Gasteiger partial charge in [-0.1, -0.05) is 0 Å². The molecule has 7 nitrogen and oxygen atoms in total. The molecule has 1 saturated carbocycles. The summed E-state index contributed by atoms with van der Waals surface area (Å²) in [6.45, 7) is 2.66. The highest BCUT2D eigenvalue weighted by atomic mass is 16.2. The lowest BCUT2D eigenvalue weighted by atomic mass is 9.95. The third-order valence-electron chi connectivity index (χ3n) is 5.41. The standard InChI is InChI=1S/C19H24N4O3/c24-17(13-7-10-22(11-8-13)18(25)14-1-2-14)21-15-3-5-16(6-4-15)23-12-9-20-19(23)26/h3-6,13-14H,1-2,7-12H2,(H,20,26)(H,21,24). The monoisotopic (exact) mass is 356 g/mol. The zero-order valence-corrected chi connectivity index (χ0v) is 14.7. The molecule has 3 aliphatic rings. The van der Waals surface area contributed by atoms with Gasteiger partial charge < -0.3 is 15.5 Å². The Labute approximate surface area is 152 Å². The van der Waals surface area contributed by atoms with E-state index in [9.17, 15) is 14.4 Å². The van der Waals surface area contributed by atoms with Crippen LogP contribution in [0.15, 0.2) is 24.3 Å². The Kier molecular flexibility index (Phi) is 4.53. The molecule has 0 unspecified atom stereocenters. The van der Waals surface area contributed by atoms with E-state index < -0.39 is 0 Å². The summed E-state index contributed by atoms with van der Waals surface area (Å²) in [5.41, 5.74) is 1.56. The van der Waals surface area contributed by atoms with Crippen LogP contribution in [0.25, 0.3) is 0 Å². The maximum absolute atomic E-state index is 12.5. The average Bonchev–Trinajstić information content (AvgIpc) is 3.43. The number of carbonyl (C=O) groups is 3. The predicted molar refractivity (Wildman–Crippen MR) is 97.8 cm³/mol. The summed E-state index contributed by atoms with van der Waals surface area (Å²) in [6, 6.07) is 7.25. The topological polar surface area (TPSA) is 81.8 Å². The summed E-state index contributed by atoms with van der Waals surface area (Å²) in [6.07, 6.45) is 3.48. The summed E-state index contributed by atoms with van der Waals surface area (Å²) in [4.78, 5) is 39.9. The molecule has 138 valence electrons. The van der Waals surface area contributed by atoms with E-state index in [2.05, 4.69) is 10.6 Å². The SMILES string of the molecule is O=C(Nc1ccc(N2CCNC2=O)cc1)C1CCN(C(=O)C2CC2)CC1. The normalized spacial score (nSPS) is 20.8. The number of nitrogens with zero attached hydrogens (tertiary/aromatic N) is 2. The maximum Gasteiger partial charge on any atom is 0.321 e. The lowest BCUT2D eigenvalue weighted by Gasteiger charge is -2.31. The number of benzene rings is 1. The van der Waals surface area contributed by atoms with Crippen LogP contribution in [0.1, 0.15) is 25.7 Å². The minimum Gasteiger partial charge on any atom is -0.342 e. The van der Waals surface area contributed by atoms with Gasteiger partial charge in [-0.25, -0.2) is 4.79 Å². The predicted octanol–water partition coefficient (Wildman–Crippen LogP) is 1.80. The molecule has 0 aromatic heterocycles. The van der Waals surface area contributed by atoms with E-state index in [1.54, 1.807) is 4.90 Å². The number of likely N-dealkylation sites (tertiary alicyclic amines) is 1. The van der Waals surface area contributed by atoms with Crippen LogP contribution in [0.3, 0.4) is 0 Å². The highest BCUT2D eigenvalue weighted by Gasteiger charge is 2.36. The number of hydrogen-bond donors (Lipinski definition) is 2. The maximum atomic E-state index is 12.5. The van der Waals surface area contributed by atoms with Crippen molar-refractivity contribution in [2.45, 2.75) is 25.7 Å². The molecule has 2 heterocycles. The summed E-state index contributed by atoms with van der Waals surface area (Å²) in [7, 11) is 0. The van der Waals surface area contributed by atoms with Crippen LogP contribution in [-0.2, 0) is 9.59 Å². The van der Waals surface area contributed by atoms with E-state index in [-0.39, 0.29) is 29.7 Å². The molecule has 0 atom stereocenters. The van der Waals surface area contributed by atoms with E-state index in [0.717, 1.165) is 37.1 Å². The quantitative estimate of drug-likeness (QED) is 0.863. The Hall–Kier alpha value is -2.57. The van der Waals surface area contributed by atoms with Gasteiger partial charge in [0.2, 0.25) is 11.8 Å². The fraction of sp³-hybridized carbons (Fsp3) is 0.526. The first-order valence-electron chi connectivity index (χ1n) is 9.37. The van der Waals surface area contributed by atoms with Crippen molar-refractivity contribution in [3.63, 3.8) is 0 Å². The van der Waals surface area contributed by atoms with Gasteiger partial charge in [-0.15, -0.1) is 0 Å². The molecule has 1 aromatic rings. The molecule has 7 heteroatoms. The van der Waals surface area contributed by atoms with Crippen molar-refractivity contribution in [1.29, 1.82) is 0 Å². The number of carbonyl (C=O) groups excluding carboxylic acids is 3. The lowest BCUT2D eigenvalue weighted by Crippen LogP contribution is -2.42. The van der Waals surface area contributed by atoms with Crippen LogP contribution in [0, 0.1) is 11.8 Å². The number of rotatable bonds is 4. The van der Waals surface area contributed by atoms with Crippen molar-refractivity contribution in [1.82, 2.24) is 10.2 Å². The molecule has 1 aromatic carbocycles. The molecule has 2 aliphatic heterocycles. The first-order chi connectivity index (χ1) is 12.6. The molecule has 4 rings (SSSR count). The molecule has 2 N–H and O–H groups in total. The Balaban J connectivity index is 1.29. The first kappa shape index (κ1) is 16.9. The first-order valence-corrected chi connectivity index (χ1v) is 9.37. The van der Waals surface area contributed by atoms with Crippen molar-refractivity contribution in [2.75, 3.05) is 36.4 Å². The minimum absolute atomic E-state index is 0.00943. The summed E-state index contributed by atoms with van der Waals surface area (Å²) in [5.74, 6) is 0.472. The van der Waals surface area contributed by atoms with Crippen LogP contribution in [0.2, 0.25) is 0 Å². The Morgan fingerprint density at radius 1 is 0.962 bits per heavy atom. The summed E-state index contributed by atoms with van der Waals surface area (Å²) in [5, 5.41) is 5.73. The van der Waals surface area contributed by atoms with E-state index in [1.165, 1.54) is 0 Å². The smallest absolute Gasteiger partial charge is 0.321 e. The number of urea groups is 1. The molecule has 26 heavy (non-hydrogen) atoms. The van der Waals surface area contributed by atoms with Crippen LogP contribution in [0.4, 0.5) is 16.2 Å². The van der Waals surface area contributed by atoms with Gasteiger partial charge >= 0.3 is 6.03 Å². The second-order valence-electron chi connectivity index (χ2n) is 7.29. The Morgan fingerprint density at radius 3 is 2.23 bits per heavy atom. The van der Waals surface area contributed by atoms with E-state index >= 15 is 0 Å². The molecule has 1 aliphatic carbocycles. The lowest BCUT2D eigenvalue weighted by molar-refractivity contribution is -0.135. The second-order valence-corrected chi connectivity index (χ2v) is 7.29. The molecular weight excluding hydrogens is 332 g/mol. The Bertz CT molecular complexity index is 706.